The van der Waals surface area contributed by atoms with E-state index in [1.54, 1.807) is 0 Å². The van der Waals surface area contributed by atoms with Gasteiger partial charge in [0.2, 0.25) is 0 Å². The number of fused-ring (bicyclic) bond motifs is 3. The van der Waals surface area contributed by atoms with Crippen molar-refractivity contribution in [1.82, 2.24) is 9.88 Å². The predicted molar refractivity (Wildman–Crippen MR) is 122 cm³/mol. The number of anilines is 1. The molecule has 2 N–H and O–H groups in total. The number of halogens is 3. The summed E-state index contributed by atoms with van der Waals surface area (Å²) in [7, 11) is 2.10. The number of para-hydroxylation sites is 1. The molecule has 1 aromatic heterocycles. The summed E-state index contributed by atoms with van der Waals surface area (Å²) in [6, 6.07) is 20.2. The number of H-pyrrole nitrogens is 1. The van der Waals surface area contributed by atoms with Gasteiger partial charge in [0.05, 0.1) is 11.6 Å². The number of aromatic amines is 1. The number of hydrogen-bond donors (Lipinski definition) is 2. The zero-order valence-electron chi connectivity index (χ0n) is 17.9. The number of likely N-dealkylation sites (N-methyl/N-ethyl adjacent to an activating group) is 1. The number of aromatic nitrogens is 1. The third kappa shape index (κ3) is 4.00. The van der Waals surface area contributed by atoms with Gasteiger partial charge in [-0.25, -0.2) is 0 Å². The fourth-order valence-electron chi connectivity index (χ4n) is 4.55. The number of hydrogen-bond acceptors (Lipinski definition) is 2. The Kier molecular flexibility index (Phi) is 5.21. The van der Waals surface area contributed by atoms with Gasteiger partial charge in [-0.05, 0) is 67.1 Å². The van der Waals surface area contributed by atoms with Gasteiger partial charge in [0, 0.05) is 34.4 Å². The summed E-state index contributed by atoms with van der Waals surface area (Å²) in [5.41, 5.74) is 4.72. The Morgan fingerprint density at radius 1 is 1.00 bits per heavy atom. The van der Waals surface area contributed by atoms with E-state index in [4.69, 9.17) is 0 Å². The maximum Gasteiger partial charge on any atom is 0.416 e. The van der Waals surface area contributed by atoms with E-state index >= 15 is 0 Å². The molecule has 1 aliphatic heterocycles. The van der Waals surface area contributed by atoms with Crippen LogP contribution in [0.15, 0.2) is 72.8 Å². The Morgan fingerprint density at radius 3 is 2.39 bits per heavy atom. The van der Waals surface area contributed by atoms with Crippen molar-refractivity contribution in [2.75, 3.05) is 18.9 Å². The third-order valence-electron chi connectivity index (χ3n) is 6.23. The van der Waals surface area contributed by atoms with Crippen molar-refractivity contribution < 1.29 is 18.0 Å². The quantitative estimate of drug-likeness (QED) is 0.402. The minimum absolute atomic E-state index is 0.0702. The number of alkyl halides is 3. The molecule has 0 radical (unpaired) electrons. The summed E-state index contributed by atoms with van der Waals surface area (Å²) in [4.78, 5) is 18.4. The van der Waals surface area contributed by atoms with Gasteiger partial charge < -0.3 is 10.3 Å². The molecular formula is C26H22F3N3O. The van der Waals surface area contributed by atoms with Crippen molar-refractivity contribution in [3.05, 3.63) is 101 Å². The third-order valence-corrected chi connectivity index (χ3v) is 6.23. The second-order valence-corrected chi connectivity index (χ2v) is 8.35. The van der Waals surface area contributed by atoms with Gasteiger partial charge in [0.25, 0.3) is 5.91 Å². The van der Waals surface area contributed by atoms with Crippen molar-refractivity contribution in [3.63, 3.8) is 0 Å². The van der Waals surface area contributed by atoms with Crippen LogP contribution in [0.4, 0.5) is 18.9 Å². The Balaban J connectivity index is 1.36. The highest BCUT2D eigenvalue weighted by Gasteiger charge is 2.31. The Labute approximate surface area is 189 Å². The minimum Gasteiger partial charge on any atom is -0.357 e. The van der Waals surface area contributed by atoms with Crippen molar-refractivity contribution in [3.8, 4) is 0 Å². The first kappa shape index (κ1) is 21.3. The van der Waals surface area contributed by atoms with Gasteiger partial charge in [-0.3, -0.25) is 9.69 Å². The summed E-state index contributed by atoms with van der Waals surface area (Å²) < 4.78 is 38.2. The van der Waals surface area contributed by atoms with Crippen LogP contribution in [0.25, 0.3) is 10.9 Å². The number of nitrogens with one attached hydrogen (secondary N) is 2. The molecule has 0 saturated carbocycles. The van der Waals surface area contributed by atoms with Gasteiger partial charge >= 0.3 is 6.18 Å². The molecule has 1 amide bonds. The molecule has 4 nitrogen and oxygen atoms in total. The summed E-state index contributed by atoms with van der Waals surface area (Å²) >= 11 is 0. The number of amides is 1. The SMILES string of the molecule is CN1CCc2c([nH]c3ccccc23)C1c1ccc(NC(=O)c2ccc(C(F)(F)F)cc2)cc1. The fourth-order valence-corrected chi connectivity index (χ4v) is 4.55. The molecule has 0 bridgehead atoms. The molecule has 1 unspecified atom stereocenters. The summed E-state index contributed by atoms with van der Waals surface area (Å²) in [5, 5.41) is 4.01. The molecule has 2 heterocycles. The van der Waals surface area contributed by atoms with Gasteiger partial charge in [0.15, 0.2) is 0 Å². The van der Waals surface area contributed by atoms with Crippen LogP contribution in [-0.2, 0) is 12.6 Å². The number of carbonyl (C=O) groups is 1. The normalized spacial score (nSPS) is 16.5. The monoisotopic (exact) mass is 449 g/mol. The van der Waals surface area contributed by atoms with Crippen LogP contribution in [0.5, 0.6) is 0 Å². The average Bonchev–Trinajstić information content (AvgIpc) is 3.18. The molecule has 33 heavy (non-hydrogen) atoms. The molecule has 4 aromatic rings. The van der Waals surface area contributed by atoms with Crippen LogP contribution in [0.1, 0.15) is 38.8 Å². The lowest BCUT2D eigenvalue weighted by Gasteiger charge is -2.33. The minimum atomic E-state index is -4.43. The van der Waals surface area contributed by atoms with Crippen LogP contribution in [0.2, 0.25) is 0 Å². The molecule has 1 atom stereocenters. The lowest BCUT2D eigenvalue weighted by Crippen LogP contribution is -2.32. The highest BCUT2D eigenvalue weighted by Crippen LogP contribution is 2.37. The molecule has 0 spiro atoms. The van der Waals surface area contributed by atoms with Gasteiger partial charge in [-0.1, -0.05) is 30.3 Å². The van der Waals surface area contributed by atoms with E-state index in [1.165, 1.54) is 28.8 Å². The number of rotatable bonds is 3. The topological polar surface area (TPSA) is 48.1 Å². The highest BCUT2D eigenvalue weighted by molar-refractivity contribution is 6.04. The van der Waals surface area contributed by atoms with E-state index in [1.807, 2.05) is 30.3 Å². The zero-order valence-corrected chi connectivity index (χ0v) is 17.9. The molecule has 1 aliphatic rings. The molecule has 0 aliphatic carbocycles. The summed E-state index contributed by atoms with van der Waals surface area (Å²) in [6.07, 6.45) is -3.45. The first-order chi connectivity index (χ1) is 15.8. The van der Waals surface area contributed by atoms with E-state index in [9.17, 15) is 18.0 Å². The second-order valence-electron chi connectivity index (χ2n) is 8.35. The molecule has 168 valence electrons. The fraction of sp³-hybridized carbons (Fsp3) is 0.192. The molecule has 5 rings (SSSR count). The van der Waals surface area contributed by atoms with Crippen molar-refractivity contribution in [2.24, 2.45) is 0 Å². The van der Waals surface area contributed by atoms with E-state index in [2.05, 4.69) is 40.4 Å². The van der Waals surface area contributed by atoms with E-state index in [0.717, 1.165) is 36.2 Å². The lowest BCUT2D eigenvalue weighted by atomic mass is 9.93. The maximum atomic E-state index is 12.7. The Morgan fingerprint density at radius 2 is 1.70 bits per heavy atom. The Bertz CT molecular complexity index is 1310. The van der Waals surface area contributed by atoms with Crippen molar-refractivity contribution >= 4 is 22.5 Å². The molecule has 7 heteroatoms. The van der Waals surface area contributed by atoms with E-state index in [-0.39, 0.29) is 11.6 Å². The predicted octanol–water partition coefficient (Wildman–Crippen LogP) is 6.02. The van der Waals surface area contributed by atoms with Gasteiger partial charge in [0.1, 0.15) is 0 Å². The average molecular weight is 449 g/mol. The molecular weight excluding hydrogens is 427 g/mol. The van der Waals surface area contributed by atoms with Gasteiger partial charge in [-0.2, -0.15) is 13.2 Å². The summed E-state index contributed by atoms with van der Waals surface area (Å²) in [6.45, 7) is 0.936. The van der Waals surface area contributed by atoms with Crippen molar-refractivity contribution in [1.29, 1.82) is 0 Å². The van der Waals surface area contributed by atoms with Gasteiger partial charge in [-0.15, -0.1) is 0 Å². The summed E-state index contributed by atoms with van der Waals surface area (Å²) in [5.74, 6) is -0.454. The van der Waals surface area contributed by atoms with Crippen LogP contribution < -0.4 is 5.32 Å². The highest BCUT2D eigenvalue weighted by atomic mass is 19.4. The van der Waals surface area contributed by atoms with Crippen LogP contribution in [-0.4, -0.2) is 29.4 Å². The number of benzene rings is 3. The first-order valence-corrected chi connectivity index (χ1v) is 10.7. The molecule has 0 fully saturated rings. The van der Waals surface area contributed by atoms with Crippen LogP contribution in [0.3, 0.4) is 0 Å². The Hall–Kier alpha value is -3.58. The maximum absolute atomic E-state index is 12.7. The standard InChI is InChI=1S/C26H22F3N3O/c1-32-15-14-21-20-4-2-3-5-22(20)31-23(21)24(32)16-8-12-19(13-9-16)30-25(33)17-6-10-18(11-7-17)26(27,28)29/h2-13,24,31H,14-15H2,1H3,(H,30,33). The molecule has 3 aromatic carbocycles. The van der Waals surface area contributed by atoms with Crippen LogP contribution in [0, 0.1) is 0 Å². The lowest BCUT2D eigenvalue weighted by molar-refractivity contribution is -0.137. The number of nitrogens with zero attached hydrogens (tertiary/aromatic N) is 1. The van der Waals surface area contributed by atoms with Crippen molar-refractivity contribution in [2.45, 2.75) is 18.6 Å². The first-order valence-electron chi connectivity index (χ1n) is 10.7. The number of carbonyl (C=O) groups excluding carboxylic acids is 1. The van der Waals surface area contributed by atoms with E-state index in [0.29, 0.717) is 5.69 Å². The largest absolute Gasteiger partial charge is 0.416 e. The second kappa shape index (κ2) is 8.08. The van der Waals surface area contributed by atoms with Crippen LogP contribution >= 0.6 is 0 Å². The zero-order chi connectivity index (χ0) is 23.2. The molecule has 0 saturated heterocycles. The smallest absolute Gasteiger partial charge is 0.357 e. The van der Waals surface area contributed by atoms with E-state index < -0.39 is 17.6 Å².